The van der Waals surface area contributed by atoms with Gasteiger partial charge in [0.15, 0.2) is 0 Å². The molecular weight excluding hydrogens is 359 g/mol. The molecule has 0 saturated carbocycles. The zero-order chi connectivity index (χ0) is 18.8. The molecule has 134 valence electrons. The predicted octanol–water partition coefficient (Wildman–Crippen LogP) is 1.26. The minimum Gasteiger partial charge on any atom is -0.364 e. The number of nitrogens with one attached hydrogen (secondary N) is 1. The molecule has 0 aliphatic heterocycles. The number of thiazole rings is 1. The highest BCUT2D eigenvalue weighted by molar-refractivity contribution is 7.09. The molecule has 0 spiro atoms. The molecule has 0 bridgehead atoms. The maximum absolute atomic E-state index is 13.1. The highest BCUT2D eigenvalue weighted by Crippen LogP contribution is 2.25. The van der Waals surface area contributed by atoms with Crippen LogP contribution in [0.1, 0.15) is 4.88 Å². The van der Waals surface area contributed by atoms with E-state index in [9.17, 15) is 27.6 Å². The molecule has 3 N–H and O–H groups in total. The maximum Gasteiger partial charge on any atom is 0.341 e. The summed E-state index contributed by atoms with van der Waals surface area (Å²) in [5.41, 5.74) is 5.43. The smallest absolute Gasteiger partial charge is 0.341 e. The highest BCUT2D eigenvalue weighted by atomic mass is 32.1. The Morgan fingerprint density at radius 2 is 1.88 bits per heavy atom. The van der Waals surface area contributed by atoms with Gasteiger partial charge in [0, 0.05) is 4.88 Å². The summed E-state index contributed by atoms with van der Waals surface area (Å²) in [6.07, 6.45) is 0. The molecular formula is C15H14F3N3O3S. The maximum atomic E-state index is 13.1. The number of hydrogen-bond donors (Lipinski definition) is 2. The number of halogens is 3. The van der Waals surface area contributed by atoms with Gasteiger partial charge in [-0.25, -0.2) is 4.39 Å². The molecule has 0 unspecified atom stereocenters. The SMILES string of the molecule is Cc1sc(=O)n(CC(=O)NCC(F)(F)C(N)=O)c1-c1ccc(F)cc1. The summed E-state index contributed by atoms with van der Waals surface area (Å²) in [6.45, 7) is -0.129. The van der Waals surface area contributed by atoms with E-state index in [2.05, 4.69) is 5.73 Å². The molecule has 1 aromatic carbocycles. The quantitative estimate of drug-likeness (QED) is 0.798. The van der Waals surface area contributed by atoms with Crippen molar-refractivity contribution in [2.24, 2.45) is 5.73 Å². The van der Waals surface area contributed by atoms with E-state index in [0.29, 0.717) is 16.1 Å². The van der Waals surface area contributed by atoms with Crippen molar-refractivity contribution in [2.75, 3.05) is 6.54 Å². The molecule has 2 amide bonds. The van der Waals surface area contributed by atoms with Gasteiger partial charge in [0.05, 0.1) is 12.2 Å². The number of alkyl halides is 2. The summed E-state index contributed by atoms with van der Waals surface area (Å²) >= 11 is 0.877. The fourth-order valence-electron chi connectivity index (χ4n) is 2.12. The normalized spacial score (nSPS) is 11.4. The number of rotatable bonds is 6. The lowest BCUT2D eigenvalue weighted by Crippen LogP contribution is -2.46. The molecule has 0 aliphatic rings. The fraction of sp³-hybridized carbons (Fsp3) is 0.267. The van der Waals surface area contributed by atoms with Gasteiger partial charge >= 0.3 is 10.8 Å². The number of carbonyl (C=O) groups excluding carboxylic acids is 2. The number of benzene rings is 1. The molecule has 1 aromatic heterocycles. The number of primary amides is 1. The van der Waals surface area contributed by atoms with Gasteiger partial charge in [0.1, 0.15) is 12.4 Å². The van der Waals surface area contributed by atoms with Gasteiger partial charge in [0.25, 0.3) is 5.91 Å². The van der Waals surface area contributed by atoms with Crippen LogP contribution in [0.25, 0.3) is 11.3 Å². The lowest BCUT2D eigenvalue weighted by Gasteiger charge is -2.14. The van der Waals surface area contributed by atoms with Crippen LogP contribution in [-0.4, -0.2) is 28.8 Å². The number of amides is 2. The van der Waals surface area contributed by atoms with Gasteiger partial charge in [-0.3, -0.25) is 19.0 Å². The molecule has 2 rings (SSSR count). The van der Waals surface area contributed by atoms with E-state index in [-0.39, 0.29) is 0 Å². The third-order valence-electron chi connectivity index (χ3n) is 3.35. The Labute approximate surface area is 144 Å². The largest absolute Gasteiger partial charge is 0.364 e. The molecule has 0 radical (unpaired) electrons. The van der Waals surface area contributed by atoms with Crippen LogP contribution in [0.15, 0.2) is 29.1 Å². The summed E-state index contributed by atoms with van der Waals surface area (Å²) in [7, 11) is 0. The average molecular weight is 373 g/mol. The second-order valence-electron chi connectivity index (χ2n) is 5.21. The zero-order valence-electron chi connectivity index (χ0n) is 13.0. The van der Waals surface area contributed by atoms with E-state index in [0.717, 1.165) is 15.9 Å². The third kappa shape index (κ3) is 4.27. The van der Waals surface area contributed by atoms with Gasteiger partial charge in [-0.05, 0) is 36.8 Å². The first-order valence-corrected chi connectivity index (χ1v) is 7.84. The summed E-state index contributed by atoms with van der Waals surface area (Å²) in [6, 6.07) is 5.29. The molecule has 2 aromatic rings. The molecule has 25 heavy (non-hydrogen) atoms. The van der Waals surface area contributed by atoms with Crippen LogP contribution in [0.5, 0.6) is 0 Å². The first kappa shape index (κ1) is 18.7. The van der Waals surface area contributed by atoms with E-state index in [1.54, 1.807) is 6.92 Å². The average Bonchev–Trinajstić information content (AvgIpc) is 2.80. The molecule has 0 aliphatic carbocycles. The van der Waals surface area contributed by atoms with Crippen LogP contribution in [0.4, 0.5) is 13.2 Å². The van der Waals surface area contributed by atoms with Crippen LogP contribution in [-0.2, 0) is 16.1 Å². The third-order valence-corrected chi connectivity index (χ3v) is 4.25. The van der Waals surface area contributed by atoms with Gasteiger partial charge in [-0.15, -0.1) is 0 Å². The molecule has 0 atom stereocenters. The van der Waals surface area contributed by atoms with Crippen LogP contribution in [0.3, 0.4) is 0 Å². The lowest BCUT2D eigenvalue weighted by atomic mass is 10.1. The Kier molecular flexibility index (Phi) is 5.31. The topological polar surface area (TPSA) is 94.2 Å². The summed E-state index contributed by atoms with van der Waals surface area (Å²) in [5, 5.41) is 1.87. The van der Waals surface area contributed by atoms with E-state index >= 15 is 0 Å². The van der Waals surface area contributed by atoms with Crippen molar-refractivity contribution < 1.29 is 22.8 Å². The first-order valence-electron chi connectivity index (χ1n) is 7.02. The van der Waals surface area contributed by atoms with Gasteiger partial charge in [0.2, 0.25) is 5.91 Å². The van der Waals surface area contributed by atoms with Crippen molar-refractivity contribution in [3.8, 4) is 11.3 Å². The van der Waals surface area contributed by atoms with Crippen molar-refractivity contribution >= 4 is 23.2 Å². The van der Waals surface area contributed by atoms with Crippen LogP contribution >= 0.6 is 11.3 Å². The molecule has 6 nitrogen and oxygen atoms in total. The minimum absolute atomic E-state index is 0.395. The van der Waals surface area contributed by atoms with Crippen molar-refractivity contribution in [3.05, 3.63) is 44.6 Å². The summed E-state index contributed by atoms with van der Waals surface area (Å²) < 4.78 is 40.4. The Balaban J connectivity index is 2.23. The standard InChI is InChI=1S/C15H14F3N3O3S/c1-8-12(9-2-4-10(16)5-3-9)21(14(24)25-8)6-11(22)20-7-15(17,18)13(19)23/h2-5H,6-7H2,1H3,(H2,19,23)(H,20,22). The minimum atomic E-state index is -3.88. The van der Waals surface area contributed by atoms with Crippen LogP contribution < -0.4 is 15.9 Å². The second-order valence-corrected chi connectivity index (χ2v) is 6.38. The second kappa shape index (κ2) is 7.09. The molecule has 0 saturated heterocycles. The Morgan fingerprint density at radius 3 is 2.44 bits per heavy atom. The van der Waals surface area contributed by atoms with Gasteiger partial charge < -0.3 is 11.1 Å². The Hall–Kier alpha value is -2.62. The Morgan fingerprint density at radius 1 is 1.28 bits per heavy atom. The summed E-state index contributed by atoms with van der Waals surface area (Å²) in [4.78, 5) is 34.6. The van der Waals surface area contributed by atoms with Gasteiger partial charge in [-0.1, -0.05) is 11.3 Å². The number of carbonyl (C=O) groups is 2. The highest BCUT2D eigenvalue weighted by Gasteiger charge is 2.36. The van der Waals surface area contributed by atoms with E-state index in [1.165, 1.54) is 24.3 Å². The molecule has 10 heteroatoms. The molecule has 1 heterocycles. The monoisotopic (exact) mass is 373 g/mol. The number of nitrogens with zero attached hydrogens (tertiary/aromatic N) is 1. The van der Waals surface area contributed by atoms with Crippen molar-refractivity contribution in [1.82, 2.24) is 9.88 Å². The van der Waals surface area contributed by atoms with Crippen molar-refractivity contribution in [1.29, 1.82) is 0 Å². The Bertz CT molecular complexity index is 859. The lowest BCUT2D eigenvalue weighted by molar-refractivity contribution is -0.142. The van der Waals surface area contributed by atoms with E-state index in [1.807, 2.05) is 5.32 Å². The first-order chi connectivity index (χ1) is 11.6. The van der Waals surface area contributed by atoms with E-state index in [4.69, 9.17) is 0 Å². The predicted molar refractivity (Wildman–Crippen MR) is 85.9 cm³/mol. The number of hydrogen-bond acceptors (Lipinski definition) is 4. The zero-order valence-corrected chi connectivity index (χ0v) is 13.8. The number of aromatic nitrogens is 1. The van der Waals surface area contributed by atoms with Crippen LogP contribution in [0.2, 0.25) is 0 Å². The van der Waals surface area contributed by atoms with Crippen molar-refractivity contribution in [2.45, 2.75) is 19.4 Å². The fourth-order valence-corrected chi connectivity index (χ4v) is 2.98. The van der Waals surface area contributed by atoms with Crippen LogP contribution in [0, 0.1) is 12.7 Å². The number of nitrogens with two attached hydrogens (primary N) is 1. The van der Waals surface area contributed by atoms with E-state index < -0.39 is 41.5 Å². The number of aryl methyl sites for hydroxylation is 1. The molecule has 0 fully saturated rings. The van der Waals surface area contributed by atoms with Crippen molar-refractivity contribution in [3.63, 3.8) is 0 Å². The van der Waals surface area contributed by atoms with Gasteiger partial charge in [-0.2, -0.15) is 8.78 Å². The summed E-state index contributed by atoms with van der Waals surface area (Å²) in [5.74, 6) is -7.09.